The van der Waals surface area contributed by atoms with E-state index in [9.17, 15) is 9.59 Å². The minimum Gasteiger partial charge on any atom is -0.354 e. The minimum absolute atomic E-state index is 0.0172. The van der Waals surface area contributed by atoms with Gasteiger partial charge in [-0.25, -0.2) is 0 Å². The van der Waals surface area contributed by atoms with Gasteiger partial charge in [0.15, 0.2) is 5.78 Å². The van der Waals surface area contributed by atoms with E-state index < -0.39 is 0 Å². The van der Waals surface area contributed by atoms with Crippen LogP contribution in [0.5, 0.6) is 0 Å². The number of ketones is 1. The number of carbonyl (C=O) groups excluding carboxylic acids is 2. The Morgan fingerprint density at radius 3 is 2.27 bits per heavy atom. The van der Waals surface area contributed by atoms with Crippen molar-refractivity contribution in [2.24, 2.45) is 0 Å². The van der Waals surface area contributed by atoms with Gasteiger partial charge in [-0.2, -0.15) is 0 Å². The van der Waals surface area contributed by atoms with Crippen LogP contribution in [-0.2, 0) is 6.54 Å². The summed E-state index contributed by atoms with van der Waals surface area (Å²) in [5.74, 6) is -0.0872. The third-order valence-electron chi connectivity index (χ3n) is 3.89. The molecule has 2 aromatic rings. The zero-order chi connectivity index (χ0) is 16.3. The van der Waals surface area contributed by atoms with Crippen LogP contribution in [0.25, 0.3) is 0 Å². The summed E-state index contributed by atoms with van der Waals surface area (Å²) in [6.07, 6.45) is 0. The maximum absolute atomic E-state index is 12.8. The van der Waals surface area contributed by atoms with E-state index in [1.165, 1.54) is 6.92 Å². The highest BCUT2D eigenvalue weighted by Crippen LogP contribution is 2.20. The first-order valence-corrected chi connectivity index (χ1v) is 7.49. The highest BCUT2D eigenvalue weighted by atomic mass is 16.2. The van der Waals surface area contributed by atoms with Crippen molar-refractivity contribution in [3.05, 3.63) is 58.4 Å². The van der Waals surface area contributed by atoms with Gasteiger partial charge in [-0.3, -0.25) is 9.59 Å². The van der Waals surface area contributed by atoms with Gasteiger partial charge in [0.1, 0.15) is 5.69 Å². The maximum atomic E-state index is 12.8. The van der Waals surface area contributed by atoms with Crippen molar-refractivity contribution in [1.82, 2.24) is 9.88 Å². The molecule has 4 heteroatoms. The highest BCUT2D eigenvalue weighted by molar-refractivity contribution is 6.02. The Hall–Kier alpha value is -2.36. The number of aryl methyl sites for hydroxylation is 1. The van der Waals surface area contributed by atoms with Crippen LogP contribution in [0.15, 0.2) is 30.3 Å². The monoisotopic (exact) mass is 298 g/mol. The number of benzene rings is 1. The summed E-state index contributed by atoms with van der Waals surface area (Å²) in [5.41, 5.74) is 3.72. The fourth-order valence-electron chi connectivity index (χ4n) is 2.78. The lowest BCUT2D eigenvalue weighted by atomic mass is 10.1. The molecule has 0 saturated heterocycles. The van der Waals surface area contributed by atoms with Crippen LogP contribution in [0.2, 0.25) is 0 Å². The second-order valence-corrected chi connectivity index (χ2v) is 5.49. The van der Waals surface area contributed by atoms with Crippen LogP contribution in [-0.4, -0.2) is 28.1 Å². The number of Topliss-reactive ketones (excluding diaryl/α,β-unsaturated/α-hetero) is 1. The molecule has 1 aromatic heterocycles. The summed E-state index contributed by atoms with van der Waals surface area (Å²) in [6.45, 7) is 8.30. The van der Waals surface area contributed by atoms with Gasteiger partial charge in [0.05, 0.1) is 0 Å². The molecular weight excluding hydrogens is 276 g/mol. The van der Waals surface area contributed by atoms with Gasteiger partial charge >= 0.3 is 0 Å². The number of hydrogen-bond donors (Lipinski definition) is 1. The van der Waals surface area contributed by atoms with Crippen LogP contribution >= 0.6 is 0 Å². The van der Waals surface area contributed by atoms with Gasteiger partial charge in [-0.15, -0.1) is 0 Å². The Labute approximate surface area is 131 Å². The second-order valence-electron chi connectivity index (χ2n) is 5.49. The maximum Gasteiger partial charge on any atom is 0.270 e. The zero-order valence-corrected chi connectivity index (χ0v) is 13.6. The quantitative estimate of drug-likeness (QED) is 0.859. The number of nitrogens with zero attached hydrogens (tertiary/aromatic N) is 1. The molecule has 0 aliphatic carbocycles. The van der Waals surface area contributed by atoms with Crippen molar-refractivity contribution in [3.63, 3.8) is 0 Å². The van der Waals surface area contributed by atoms with Crippen LogP contribution in [0.1, 0.15) is 51.5 Å². The fourth-order valence-corrected chi connectivity index (χ4v) is 2.78. The van der Waals surface area contributed by atoms with Crippen molar-refractivity contribution in [2.75, 3.05) is 6.54 Å². The van der Waals surface area contributed by atoms with Gasteiger partial charge in [-0.1, -0.05) is 30.3 Å². The molecule has 0 bridgehead atoms. The molecule has 0 atom stereocenters. The molecule has 116 valence electrons. The second kappa shape index (κ2) is 6.60. The summed E-state index contributed by atoms with van der Waals surface area (Å²) in [4.78, 5) is 29.3. The third kappa shape index (κ3) is 3.11. The van der Waals surface area contributed by atoms with Crippen molar-refractivity contribution in [2.45, 2.75) is 34.2 Å². The van der Waals surface area contributed by atoms with Crippen molar-refractivity contribution in [1.29, 1.82) is 0 Å². The van der Waals surface area contributed by atoms with E-state index in [1.807, 2.05) is 51.1 Å². The Bertz CT molecular complexity index is 687. The molecular formula is C18H22N2O2. The standard InChI is InChI=1S/C18H22N2O2/c1-5-20(11-15-9-7-6-8-10-15)18(22)17-12(2)16(14(4)21)13(3)19-17/h6-10,19H,5,11H2,1-4H3. The van der Waals surface area contributed by atoms with Crippen molar-refractivity contribution >= 4 is 11.7 Å². The Kier molecular flexibility index (Phi) is 4.81. The van der Waals surface area contributed by atoms with E-state index in [2.05, 4.69) is 4.98 Å². The molecule has 0 aliphatic heterocycles. The van der Waals surface area contributed by atoms with E-state index >= 15 is 0 Å². The zero-order valence-electron chi connectivity index (χ0n) is 13.6. The largest absolute Gasteiger partial charge is 0.354 e. The summed E-state index contributed by atoms with van der Waals surface area (Å²) in [6, 6.07) is 9.89. The Morgan fingerprint density at radius 1 is 1.14 bits per heavy atom. The molecule has 0 fully saturated rings. The van der Waals surface area contributed by atoms with E-state index in [1.54, 1.807) is 4.90 Å². The van der Waals surface area contributed by atoms with Crippen LogP contribution in [0.3, 0.4) is 0 Å². The van der Waals surface area contributed by atoms with Crippen molar-refractivity contribution in [3.8, 4) is 0 Å². The first-order valence-electron chi connectivity index (χ1n) is 7.49. The molecule has 4 nitrogen and oxygen atoms in total. The lowest BCUT2D eigenvalue weighted by Crippen LogP contribution is -2.31. The number of rotatable bonds is 5. The number of amides is 1. The normalized spacial score (nSPS) is 10.5. The highest BCUT2D eigenvalue weighted by Gasteiger charge is 2.23. The number of H-pyrrole nitrogens is 1. The molecule has 0 spiro atoms. The Morgan fingerprint density at radius 2 is 1.77 bits per heavy atom. The van der Waals surface area contributed by atoms with Crippen LogP contribution in [0, 0.1) is 13.8 Å². The molecule has 0 radical (unpaired) electrons. The molecule has 0 unspecified atom stereocenters. The predicted molar refractivity (Wildman–Crippen MR) is 87.1 cm³/mol. The van der Waals surface area contributed by atoms with E-state index in [0.717, 1.165) is 16.8 Å². The molecule has 1 amide bonds. The predicted octanol–water partition coefficient (Wildman–Crippen LogP) is 3.50. The average Bonchev–Trinajstić information content (AvgIpc) is 2.80. The number of aromatic nitrogens is 1. The summed E-state index contributed by atoms with van der Waals surface area (Å²) < 4.78 is 0. The molecule has 2 rings (SSSR count). The number of nitrogens with one attached hydrogen (secondary N) is 1. The van der Waals surface area contributed by atoms with Gasteiger partial charge in [0.25, 0.3) is 5.91 Å². The van der Waals surface area contributed by atoms with Crippen LogP contribution in [0.4, 0.5) is 0 Å². The SMILES string of the molecule is CCN(Cc1ccccc1)C(=O)c1[nH]c(C)c(C(C)=O)c1C. The number of carbonyl (C=O) groups is 2. The molecule has 1 heterocycles. The molecule has 0 saturated carbocycles. The Balaban J connectivity index is 2.29. The molecule has 1 aromatic carbocycles. The van der Waals surface area contributed by atoms with Gasteiger partial charge in [0, 0.05) is 24.3 Å². The minimum atomic E-state index is -0.0700. The fraction of sp³-hybridized carbons (Fsp3) is 0.333. The number of aromatic amines is 1. The lowest BCUT2D eigenvalue weighted by molar-refractivity contribution is 0.0746. The first kappa shape index (κ1) is 16.0. The summed E-state index contributed by atoms with van der Waals surface area (Å²) >= 11 is 0. The lowest BCUT2D eigenvalue weighted by Gasteiger charge is -2.21. The van der Waals surface area contributed by atoms with E-state index in [0.29, 0.717) is 24.3 Å². The molecule has 0 aliphatic rings. The smallest absolute Gasteiger partial charge is 0.270 e. The van der Waals surface area contributed by atoms with Gasteiger partial charge < -0.3 is 9.88 Å². The molecule has 22 heavy (non-hydrogen) atoms. The van der Waals surface area contributed by atoms with E-state index in [4.69, 9.17) is 0 Å². The van der Waals surface area contributed by atoms with Gasteiger partial charge in [0.2, 0.25) is 0 Å². The average molecular weight is 298 g/mol. The third-order valence-corrected chi connectivity index (χ3v) is 3.89. The van der Waals surface area contributed by atoms with Crippen molar-refractivity contribution < 1.29 is 9.59 Å². The number of hydrogen-bond acceptors (Lipinski definition) is 2. The topological polar surface area (TPSA) is 53.2 Å². The summed E-state index contributed by atoms with van der Waals surface area (Å²) in [7, 11) is 0. The van der Waals surface area contributed by atoms with Gasteiger partial charge in [-0.05, 0) is 38.8 Å². The first-order chi connectivity index (χ1) is 10.5. The van der Waals surface area contributed by atoms with E-state index in [-0.39, 0.29) is 11.7 Å². The molecule has 1 N–H and O–H groups in total. The van der Waals surface area contributed by atoms with Crippen LogP contribution < -0.4 is 0 Å². The summed E-state index contributed by atoms with van der Waals surface area (Å²) in [5, 5.41) is 0.